The van der Waals surface area contributed by atoms with Crippen LogP contribution in [0.2, 0.25) is 0 Å². The summed E-state index contributed by atoms with van der Waals surface area (Å²) in [4.78, 5) is 12.6. The molecule has 3 heteroatoms. The molecule has 1 atom stereocenters. The molecule has 1 aromatic carbocycles. The molecule has 0 saturated carbocycles. The summed E-state index contributed by atoms with van der Waals surface area (Å²) in [7, 11) is 0. The van der Waals surface area contributed by atoms with Gasteiger partial charge in [-0.25, -0.2) is 4.68 Å². The molecular formula is C17H18N2O. The highest BCUT2D eigenvalue weighted by molar-refractivity contribution is 5.96. The number of benzene rings is 1. The van der Waals surface area contributed by atoms with Gasteiger partial charge in [0.1, 0.15) is 0 Å². The van der Waals surface area contributed by atoms with Crippen LogP contribution >= 0.6 is 0 Å². The van der Waals surface area contributed by atoms with Gasteiger partial charge in [-0.2, -0.15) is 5.10 Å². The number of hydrogen-bond acceptors (Lipinski definition) is 2. The van der Waals surface area contributed by atoms with Crippen LogP contribution in [0.15, 0.2) is 42.5 Å². The number of rotatable bonds is 2. The second-order valence-electron chi connectivity index (χ2n) is 5.55. The molecule has 20 heavy (non-hydrogen) atoms. The fourth-order valence-electron chi connectivity index (χ4n) is 2.85. The summed E-state index contributed by atoms with van der Waals surface area (Å²) in [6.45, 7) is 8.09. The first-order valence-corrected chi connectivity index (χ1v) is 6.90. The molecule has 3 nitrogen and oxygen atoms in total. The topological polar surface area (TPSA) is 34.9 Å². The van der Waals surface area contributed by atoms with E-state index in [4.69, 9.17) is 0 Å². The summed E-state index contributed by atoms with van der Waals surface area (Å²) < 4.78 is 1.59. The predicted octanol–water partition coefficient (Wildman–Crippen LogP) is 3.17. The zero-order valence-corrected chi connectivity index (χ0v) is 11.9. The first-order valence-electron chi connectivity index (χ1n) is 6.90. The van der Waals surface area contributed by atoms with Crippen LogP contribution in [0, 0.1) is 12.8 Å². The first kappa shape index (κ1) is 12.9. The number of aryl methyl sites for hydroxylation is 1. The van der Waals surface area contributed by atoms with Gasteiger partial charge < -0.3 is 0 Å². The highest BCUT2D eigenvalue weighted by Crippen LogP contribution is 2.32. The number of nitrogens with zero attached hydrogens (tertiary/aromatic N) is 2. The highest BCUT2D eigenvalue weighted by Gasteiger charge is 2.30. The summed E-state index contributed by atoms with van der Waals surface area (Å²) in [6, 6.07) is 9.32. The van der Waals surface area contributed by atoms with E-state index in [1.807, 2.05) is 37.3 Å². The van der Waals surface area contributed by atoms with Gasteiger partial charge >= 0.3 is 0 Å². The van der Waals surface area contributed by atoms with E-state index in [-0.39, 0.29) is 5.91 Å². The van der Waals surface area contributed by atoms with E-state index >= 15 is 0 Å². The molecule has 3 rings (SSSR count). The fraction of sp³-hybridized carbons (Fsp3) is 0.294. The molecule has 1 heterocycles. The molecule has 1 aliphatic carbocycles. The molecule has 0 bridgehead atoms. The Morgan fingerprint density at radius 1 is 1.30 bits per heavy atom. The Morgan fingerprint density at radius 3 is 2.65 bits per heavy atom. The second-order valence-corrected chi connectivity index (χ2v) is 5.55. The molecule has 1 aromatic heterocycles. The Hall–Kier alpha value is -2.16. The molecule has 0 unspecified atom stereocenters. The van der Waals surface area contributed by atoms with Crippen molar-refractivity contribution >= 4 is 5.91 Å². The van der Waals surface area contributed by atoms with Crippen molar-refractivity contribution < 1.29 is 4.79 Å². The largest absolute Gasteiger partial charge is 0.278 e. The average molecular weight is 266 g/mol. The number of aromatic nitrogens is 2. The number of hydrogen-bond donors (Lipinski definition) is 0. The number of carbonyl (C=O) groups is 1. The summed E-state index contributed by atoms with van der Waals surface area (Å²) >= 11 is 0. The van der Waals surface area contributed by atoms with Crippen molar-refractivity contribution in [3.8, 4) is 0 Å². The molecule has 0 fully saturated rings. The monoisotopic (exact) mass is 266 g/mol. The van der Waals surface area contributed by atoms with Gasteiger partial charge in [-0.05, 0) is 50.3 Å². The van der Waals surface area contributed by atoms with E-state index < -0.39 is 0 Å². The molecule has 2 aromatic rings. The van der Waals surface area contributed by atoms with Crippen LogP contribution in [0.4, 0.5) is 0 Å². The molecule has 102 valence electrons. The normalized spacial score (nSPS) is 17.0. The van der Waals surface area contributed by atoms with E-state index in [1.165, 1.54) is 11.1 Å². The van der Waals surface area contributed by atoms with Crippen LogP contribution in [0.1, 0.15) is 34.2 Å². The average Bonchev–Trinajstić information content (AvgIpc) is 3.00. The van der Waals surface area contributed by atoms with Gasteiger partial charge in [0.25, 0.3) is 5.91 Å². The number of carbonyl (C=O) groups excluding carboxylic acids is 1. The maximum absolute atomic E-state index is 12.6. The van der Waals surface area contributed by atoms with Gasteiger partial charge in [0.05, 0.1) is 11.4 Å². The smallest absolute Gasteiger partial charge is 0.267 e. The first-order chi connectivity index (χ1) is 9.58. The van der Waals surface area contributed by atoms with Gasteiger partial charge in [-0.3, -0.25) is 4.79 Å². The lowest BCUT2D eigenvalue weighted by atomic mass is 9.99. The van der Waals surface area contributed by atoms with Crippen molar-refractivity contribution in [2.45, 2.75) is 26.7 Å². The highest BCUT2D eigenvalue weighted by atomic mass is 16.2. The third kappa shape index (κ3) is 1.99. The zero-order chi connectivity index (χ0) is 14.3. The Labute approximate surface area is 118 Å². The van der Waals surface area contributed by atoms with Crippen molar-refractivity contribution in [2.24, 2.45) is 5.92 Å². The lowest BCUT2D eigenvalue weighted by Crippen LogP contribution is -2.17. The van der Waals surface area contributed by atoms with Crippen LogP contribution < -0.4 is 0 Å². The quantitative estimate of drug-likeness (QED) is 0.782. The maximum Gasteiger partial charge on any atom is 0.278 e. The summed E-state index contributed by atoms with van der Waals surface area (Å²) in [6.07, 6.45) is 1.82. The Morgan fingerprint density at radius 2 is 2.00 bits per heavy atom. The lowest BCUT2D eigenvalue weighted by molar-refractivity contribution is 0.0941. The van der Waals surface area contributed by atoms with Gasteiger partial charge in [0.15, 0.2) is 0 Å². The van der Waals surface area contributed by atoms with Crippen LogP contribution in [0.3, 0.4) is 0 Å². The van der Waals surface area contributed by atoms with Gasteiger partial charge in [-0.15, -0.1) is 0 Å². The van der Waals surface area contributed by atoms with E-state index in [9.17, 15) is 4.79 Å². The minimum atomic E-state index is -0.0442. The molecule has 0 radical (unpaired) electrons. The summed E-state index contributed by atoms with van der Waals surface area (Å²) in [5.74, 6) is 0.397. The van der Waals surface area contributed by atoms with Crippen molar-refractivity contribution in [3.63, 3.8) is 0 Å². The van der Waals surface area contributed by atoms with Crippen molar-refractivity contribution in [1.82, 2.24) is 9.78 Å². The van der Waals surface area contributed by atoms with E-state index in [1.54, 1.807) is 4.68 Å². The molecule has 0 saturated heterocycles. The Kier molecular flexibility index (Phi) is 3.05. The van der Waals surface area contributed by atoms with Crippen molar-refractivity contribution in [1.29, 1.82) is 0 Å². The van der Waals surface area contributed by atoms with Crippen LogP contribution in [0.5, 0.6) is 0 Å². The third-order valence-corrected chi connectivity index (χ3v) is 4.09. The van der Waals surface area contributed by atoms with Crippen LogP contribution in [0.25, 0.3) is 0 Å². The zero-order valence-electron chi connectivity index (χ0n) is 11.9. The SMILES string of the molecule is C=C(C)[C@@H]1Cc2c(C)nn(C(=O)c3ccccc3)c2C1. The van der Waals surface area contributed by atoms with Crippen LogP contribution in [-0.4, -0.2) is 15.7 Å². The lowest BCUT2D eigenvalue weighted by Gasteiger charge is -2.09. The van der Waals surface area contributed by atoms with Gasteiger partial charge in [-0.1, -0.05) is 30.4 Å². The summed E-state index contributed by atoms with van der Waals surface area (Å²) in [5, 5.41) is 4.44. The van der Waals surface area contributed by atoms with E-state index in [0.29, 0.717) is 11.5 Å². The van der Waals surface area contributed by atoms with Crippen molar-refractivity contribution in [3.05, 3.63) is 65.0 Å². The van der Waals surface area contributed by atoms with E-state index in [0.717, 1.165) is 24.2 Å². The van der Waals surface area contributed by atoms with Gasteiger partial charge in [0.2, 0.25) is 0 Å². The molecule has 0 aliphatic heterocycles. The number of fused-ring (bicyclic) bond motifs is 1. The van der Waals surface area contributed by atoms with Crippen LogP contribution in [-0.2, 0) is 12.8 Å². The molecule has 0 spiro atoms. The maximum atomic E-state index is 12.6. The molecule has 0 N–H and O–H groups in total. The molecule has 1 aliphatic rings. The van der Waals surface area contributed by atoms with Crippen molar-refractivity contribution in [2.75, 3.05) is 0 Å². The second kappa shape index (κ2) is 4.75. The minimum Gasteiger partial charge on any atom is -0.267 e. The Balaban J connectivity index is 2.00. The fourth-order valence-corrected chi connectivity index (χ4v) is 2.85. The predicted molar refractivity (Wildman–Crippen MR) is 78.8 cm³/mol. The number of allylic oxidation sites excluding steroid dienone is 1. The third-order valence-electron chi connectivity index (χ3n) is 4.09. The minimum absolute atomic E-state index is 0.0442. The summed E-state index contributed by atoms with van der Waals surface area (Å²) in [5.41, 5.74) is 5.11. The van der Waals surface area contributed by atoms with Gasteiger partial charge in [0, 0.05) is 5.56 Å². The standard InChI is InChI=1S/C17H18N2O/c1-11(2)14-9-15-12(3)18-19(16(15)10-14)17(20)13-7-5-4-6-8-13/h4-8,14H,1,9-10H2,2-3H3/t14-/m1/s1. The molecule has 0 amide bonds. The van der Waals surface area contributed by atoms with E-state index in [2.05, 4.69) is 18.6 Å². The Bertz CT molecular complexity index is 683. The molecular weight excluding hydrogens is 248 g/mol.